The summed E-state index contributed by atoms with van der Waals surface area (Å²) in [5.74, 6) is -0.808. The van der Waals surface area contributed by atoms with Crippen LogP contribution in [-0.2, 0) is 16.1 Å². The lowest BCUT2D eigenvalue weighted by molar-refractivity contribution is -0.138. The second kappa shape index (κ2) is 6.99. The number of nitrogens with zero attached hydrogens (tertiary/aromatic N) is 1. The van der Waals surface area contributed by atoms with Gasteiger partial charge in [0.1, 0.15) is 17.6 Å². The van der Waals surface area contributed by atoms with Gasteiger partial charge < -0.3 is 4.74 Å². The van der Waals surface area contributed by atoms with Gasteiger partial charge >= 0.3 is 5.97 Å². The van der Waals surface area contributed by atoms with Crippen LogP contribution in [0.5, 0.6) is 0 Å². The number of ether oxygens (including phenoxy) is 1. The van der Waals surface area contributed by atoms with Gasteiger partial charge in [0, 0.05) is 17.8 Å². The first kappa shape index (κ1) is 15.2. The van der Waals surface area contributed by atoms with Crippen LogP contribution < -0.4 is 0 Å². The first-order valence-electron chi connectivity index (χ1n) is 6.26. The zero-order chi connectivity index (χ0) is 15.2. The van der Waals surface area contributed by atoms with Gasteiger partial charge in [-0.05, 0) is 36.3 Å². The predicted molar refractivity (Wildman–Crippen MR) is 79.1 cm³/mol. The van der Waals surface area contributed by atoms with Crippen LogP contribution in [0.15, 0.2) is 48.7 Å². The highest BCUT2D eigenvalue weighted by Crippen LogP contribution is 2.16. The molecule has 0 aliphatic heterocycles. The maximum atomic E-state index is 12.8. The molecule has 0 amide bonds. The molecule has 2 rings (SSSR count). The Morgan fingerprint density at radius 3 is 2.71 bits per heavy atom. The topological polar surface area (TPSA) is 39.2 Å². The van der Waals surface area contributed by atoms with Crippen LogP contribution in [-0.4, -0.2) is 11.0 Å². The molecule has 0 N–H and O–H groups in total. The Hall–Kier alpha value is -2.20. The van der Waals surface area contributed by atoms with Crippen molar-refractivity contribution in [3.63, 3.8) is 0 Å². The fourth-order valence-corrected chi connectivity index (χ4v) is 1.86. The van der Waals surface area contributed by atoms with Gasteiger partial charge in [-0.15, -0.1) is 0 Å². The van der Waals surface area contributed by atoms with Gasteiger partial charge in [-0.3, -0.25) is 0 Å². The van der Waals surface area contributed by atoms with E-state index in [0.29, 0.717) is 16.3 Å². The molecule has 2 aromatic rings. The van der Waals surface area contributed by atoms with E-state index in [1.807, 2.05) is 0 Å². The molecule has 1 heterocycles. The van der Waals surface area contributed by atoms with Gasteiger partial charge in [0.05, 0.1) is 0 Å². The number of rotatable bonds is 4. The molecule has 0 spiro atoms. The maximum absolute atomic E-state index is 12.8. The minimum absolute atomic E-state index is 0.0543. The summed E-state index contributed by atoms with van der Waals surface area (Å²) in [7, 11) is 0. The fraction of sp³-hybridized carbons (Fsp3) is 0.125. The standard InChI is InChI=1S/C16H13ClFNO2/c1-11(12-4-6-14(18)7-5-12)9-15(20)21-10-13-3-2-8-19-16(13)17/h2-9H,10H2,1H3/b11-9-. The summed E-state index contributed by atoms with van der Waals surface area (Å²) in [4.78, 5) is 15.6. The van der Waals surface area contributed by atoms with Gasteiger partial charge in [-0.25, -0.2) is 14.2 Å². The lowest BCUT2D eigenvalue weighted by Crippen LogP contribution is -2.02. The number of allylic oxidation sites excluding steroid dienone is 1. The van der Waals surface area contributed by atoms with E-state index in [4.69, 9.17) is 16.3 Å². The van der Waals surface area contributed by atoms with E-state index >= 15 is 0 Å². The van der Waals surface area contributed by atoms with Crippen molar-refractivity contribution in [3.8, 4) is 0 Å². The molecule has 5 heteroatoms. The Morgan fingerprint density at radius 1 is 1.33 bits per heavy atom. The molecule has 0 fully saturated rings. The molecule has 0 unspecified atom stereocenters. The highest BCUT2D eigenvalue weighted by atomic mass is 35.5. The number of benzene rings is 1. The molecule has 0 bridgehead atoms. The van der Waals surface area contributed by atoms with Gasteiger partial charge in [0.2, 0.25) is 0 Å². The Morgan fingerprint density at radius 2 is 2.05 bits per heavy atom. The lowest BCUT2D eigenvalue weighted by atomic mass is 10.1. The maximum Gasteiger partial charge on any atom is 0.331 e. The van der Waals surface area contributed by atoms with E-state index in [2.05, 4.69) is 4.98 Å². The van der Waals surface area contributed by atoms with Gasteiger partial charge in [-0.2, -0.15) is 0 Å². The van der Waals surface area contributed by atoms with E-state index in [1.54, 1.807) is 37.4 Å². The average Bonchev–Trinajstić information content (AvgIpc) is 2.47. The molecular formula is C16H13ClFNO2. The SMILES string of the molecule is C/C(=C/C(=O)OCc1cccnc1Cl)c1ccc(F)cc1. The second-order valence-corrected chi connectivity index (χ2v) is 4.75. The second-order valence-electron chi connectivity index (χ2n) is 4.40. The molecule has 0 aliphatic carbocycles. The number of carbonyl (C=O) groups excluding carboxylic acids is 1. The molecule has 0 aliphatic rings. The molecule has 3 nitrogen and oxygen atoms in total. The zero-order valence-corrected chi connectivity index (χ0v) is 12.1. The van der Waals surface area contributed by atoms with Gasteiger partial charge in [0.25, 0.3) is 0 Å². The van der Waals surface area contributed by atoms with Crippen molar-refractivity contribution in [2.75, 3.05) is 0 Å². The number of carbonyl (C=O) groups is 1. The highest BCUT2D eigenvalue weighted by Gasteiger charge is 2.05. The summed E-state index contributed by atoms with van der Waals surface area (Å²) < 4.78 is 17.9. The van der Waals surface area contributed by atoms with Gasteiger partial charge in [-0.1, -0.05) is 29.8 Å². The van der Waals surface area contributed by atoms with E-state index in [0.717, 1.165) is 5.56 Å². The molecule has 0 radical (unpaired) electrons. The Labute approximate surface area is 127 Å². The van der Waals surface area contributed by atoms with Crippen LogP contribution in [0.25, 0.3) is 5.57 Å². The summed E-state index contributed by atoms with van der Waals surface area (Å²) in [6.07, 6.45) is 2.92. The highest BCUT2D eigenvalue weighted by molar-refractivity contribution is 6.30. The molecule has 108 valence electrons. The zero-order valence-electron chi connectivity index (χ0n) is 11.3. The Bertz CT molecular complexity index is 668. The van der Waals surface area contributed by atoms with Gasteiger partial charge in [0.15, 0.2) is 0 Å². The number of pyridine rings is 1. The summed E-state index contributed by atoms with van der Waals surface area (Å²) in [5.41, 5.74) is 2.09. The van der Waals surface area contributed by atoms with Crippen LogP contribution in [0, 0.1) is 5.82 Å². The van der Waals surface area contributed by atoms with E-state index in [-0.39, 0.29) is 12.4 Å². The minimum Gasteiger partial charge on any atom is -0.458 e. The third-order valence-electron chi connectivity index (χ3n) is 2.84. The first-order chi connectivity index (χ1) is 10.1. The lowest BCUT2D eigenvalue weighted by Gasteiger charge is -2.05. The van der Waals surface area contributed by atoms with Crippen LogP contribution in [0.1, 0.15) is 18.1 Å². The van der Waals surface area contributed by atoms with Crippen molar-refractivity contribution >= 4 is 23.1 Å². The normalized spacial score (nSPS) is 11.3. The average molecular weight is 306 g/mol. The van der Waals surface area contributed by atoms with Crippen LogP contribution in [0.4, 0.5) is 4.39 Å². The largest absolute Gasteiger partial charge is 0.458 e. The van der Waals surface area contributed by atoms with E-state index < -0.39 is 5.97 Å². The monoisotopic (exact) mass is 305 g/mol. The molecule has 0 saturated carbocycles. The first-order valence-corrected chi connectivity index (χ1v) is 6.64. The Balaban J connectivity index is 1.99. The summed E-state index contributed by atoms with van der Waals surface area (Å²) in [6, 6.07) is 9.34. The molecule has 0 saturated heterocycles. The fourth-order valence-electron chi connectivity index (χ4n) is 1.69. The smallest absolute Gasteiger partial charge is 0.331 e. The molecule has 1 aromatic heterocycles. The number of hydrogen-bond acceptors (Lipinski definition) is 3. The van der Waals surface area contributed by atoms with Crippen LogP contribution in [0.2, 0.25) is 5.15 Å². The van der Waals surface area contributed by atoms with Crippen molar-refractivity contribution in [3.05, 3.63) is 70.8 Å². The Kier molecular flexibility index (Phi) is 5.06. The quantitative estimate of drug-likeness (QED) is 0.486. The number of hydrogen-bond donors (Lipinski definition) is 0. The molecule has 1 aromatic carbocycles. The van der Waals surface area contributed by atoms with Crippen molar-refractivity contribution in [2.45, 2.75) is 13.5 Å². The minimum atomic E-state index is -0.489. The third-order valence-corrected chi connectivity index (χ3v) is 3.18. The van der Waals surface area contributed by atoms with E-state index in [9.17, 15) is 9.18 Å². The van der Waals surface area contributed by atoms with Crippen molar-refractivity contribution in [2.24, 2.45) is 0 Å². The number of halogens is 2. The number of aromatic nitrogens is 1. The third kappa shape index (κ3) is 4.39. The summed E-state index contributed by atoms with van der Waals surface area (Å²) in [6.45, 7) is 1.81. The van der Waals surface area contributed by atoms with Crippen molar-refractivity contribution < 1.29 is 13.9 Å². The van der Waals surface area contributed by atoms with Crippen molar-refractivity contribution in [1.82, 2.24) is 4.98 Å². The van der Waals surface area contributed by atoms with Crippen molar-refractivity contribution in [1.29, 1.82) is 0 Å². The summed E-state index contributed by atoms with van der Waals surface area (Å²) in [5, 5.41) is 0.310. The predicted octanol–water partition coefficient (Wildman–Crippen LogP) is 4.02. The van der Waals surface area contributed by atoms with Crippen LogP contribution >= 0.6 is 11.6 Å². The van der Waals surface area contributed by atoms with Crippen LogP contribution in [0.3, 0.4) is 0 Å². The van der Waals surface area contributed by atoms with E-state index in [1.165, 1.54) is 18.2 Å². The molecule has 21 heavy (non-hydrogen) atoms. The number of esters is 1. The summed E-state index contributed by atoms with van der Waals surface area (Å²) >= 11 is 5.87. The molecular weight excluding hydrogens is 293 g/mol. The molecule has 0 atom stereocenters.